The van der Waals surface area contributed by atoms with E-state index in [1.165, 1.54) is 0 Å². The van der Waals surface area contributed by atoms with Crippen LogP contribution in [-0.4, -0.2) is 69.6 Å². The predicted octanol–water partition coefficient (Wildman–Crippen LogP) is 1.81. The third kappa shape index (κ3) is 5.10. The number of amides is 2. The Hall–Kier alpha value is -3.05. The molecule has 0 atom stereocenters. The van der Waals surface area contributed by atoms with Gasteiger partial charge in [0, 0.05) is 56.0 Å². The number of nitrogens with zero attached hydrogens (tertiary/aromatic N) is 5. The normalized spacial score (nSPS) is 14.8. The third-order valence-electron chi connectivity index (χ3n) is 4.79. The average molecular weight is 430 g/mol. The molecule has 1 aliphatic heterocycles. The van der Waals surface area contributed by atoms with Crippen LogP contribution in [-0.2, 0) is 16.0 Å². The molecule has 2 amide bonds. The summed E-state index contributed by atoms with van der Waals surface area (Å²) < 4.78 is 10.2. The first-order chi connectivity index (χ1) is 14.6. The highest BCUT2D eigenvalue weighted by molar-refractivity contribution is 7.08. The Kier molecular flexibility index (Phi) is 6.19. The molecule has 1 fully saturated rings. The van der Waals surface area contributed by atoms with Gasteiger partial charge in [0.15, 0.2) is 5.82 Å². The van der Waals surface area contributed by atoms with Crippen LogP contribution in [0.2, 0.25) is 0 Å². The Morgan fingerprint density at radius 3 is 2.73 bits per heavy atom. The molecule has 0 aliphatic carbocycles. The van der Waals surface area contributed by atoms with Crippen molar-refractivity contribution in [3.05, 3.63) is 34.5 Å². The molecule has 4 rings (SSSR count). The maximum atomic E-state index is 12.5. The van der Waals surface area contributed by atoms with E-state index in [0.29, 0.717) is 62.3 Å². The highest BCUT2D eigenvalue weighted by atomic mass is 32.1. The summed E-state index contributed by atoms with van der Waals surface area (Å²) in [5.41, 5.74) is 0.917. The Morgan fingerprint density at radius 1 is 1.20 bits per heavy atom. The summed E-state index contributed by atoms with van der Waals surface area (Å²) in [6, 6.07) is 3.60. The zero-order valence-electron chi connectivity index (χ0n) is 16.5. The van der Waals surface area contributed by atoms with Crippen molar-refractivity contribution in [2.45, 2.75) is 19.8 Å². The number of aryl methyl sites for hydroxylation is 2. The first-order valence-electron chi connectivity index (χ1n) is 9.65. The van der Waals surface area contributed by atoms with Gasteiger partial charge in [-0.2, -0.15) is 16.3 Å². The van der Waals surface area contributed by atoms with Crippen molar-refractivity contribution in [3.63, 3.8) is 0 Å². The molecule has 0 radical (unpaired) electrons. The van der Waals surface area contributed by atoms with Gasteiger partial charge in [-0.05, 0) is 18.4 Å². The molecule has 1 saturated heterocycles. The fourth-order valence-corrected chi connectivity index (χ4v) is 3.84. The molecule has 0 saturated carbocycles. The molecule has 3 aromatic heterocycles. The van der Waals surface area contributed by atoms with Gasteiger partial charge in [-0.1, -0.05) is 10.3 Å². The van der Waals surface area contributed by atoms with Crippen molar-refractivity contribution in [3.8, 4) is 11.4 Å². The monoisotopic (exact) mass is 430 g/mol. The number of hydrogen-bond acceptors (Lipinski definition) is 9. The van der Waals surface area contributed by atoms with Crippen LogP contribution < -0.4 is 5.32 Å². The van der Waals surface area contributed by atoms with Gasteiger partial charge in [0.05, 0.1) is 6.54 Å². The predicted molar refractivity (Wildman–Crippen MR) is 109 cm³/mol. The van der Waals surface area contributed by atoms with Crippen LogP contribution in [0, 0.1) is 6.92 Å². The number of nitrogens with one attached hydrogen (secondary N) is 1. The van der Waals surface area contributed by atoms with Crippen LogP contribution in [0.25, 0.3) is 11.4 Å². The number of hydrogen-bond donors (Lipinski definition) is 1. The van der Waals surface area contributed by atoms with Crippen LogP contribution in [0.4, 0.5) is 5.82 Å². The van der Waals surface area contributed by atoms with E-state index in [9.17, 15) is 9.59 Å². The van der Waals surface area contributed by atoms with E-state index in [1.54, 1.807) is 24.3 Å². The fourth-order valence-electron chi connectivity index (χ4n) is 3.20. The largest absolute Gasteiger partial charge is 0.360 e. The Morgan fingerprint density at radius 2 is 2.03 bits per heavy atom. The molecule has 0 bridgehead atoms. The summed E-state index contributed by atoms with van der Waals surface area (Å²) in [5.74, 6) is 1.96. The van der Waals surface area contributed by atoms with Crippen LogP contribution in [0.3, 0.4) is 0 Å². The Labute approximate surface area is 176 Å². The quantitative estimate of drug-likeness (QED) is 0.603. The maximum Gasteiger partial charge on any atom is 0.239 e. The van der Waals surface area contributed by atoms with Crippen molar-refractivity contribution >= 4 is 29.0 Å². The molecular weight excluding hydrogens is 408 g/mol. The van der Waals surface area contributed by atoms with Gasteiger partial charge < -0.3 is 19.3 Å². The molecule has 0 spiro atoms. The second-order valence-corrected chi connectivity index (χ2v) is 7.83. The van der Waals surface area contributed by atoms with E-state index >= 15 is 0 Å². The van der Waals surface area contributed by atoms with Crippen LogP contribution >= 0.6 is 11.3 Å². The van der Waals surface area contributed by atoms with Gasteiger partial charge in [-0.25, -0.2) is 0 Å². The molecule has 4 heterocycles. The fraction of sp³-hybridized carbons (Fsp3) is 0.421. The van der Waals surface area contributed by atoms with Crippen LogP contribution in [0.5, 0.6) is 0 Å². The summed E-state index contributed by atoms with van der Waals surface area (Å²) in [7, 11) is 0. The minimum atomic E-state index is -0.152. The third-order valence-corrected chi connectivity index (χ3v) is 5.47. The number of thiophene rings is 1. The molecule has 1 N–H and O–H groups in total. The summed E-state index contributed by atoms with van der Waals surface area (Å²) in [5, 5.41) is 14.3. The second-order valence-electron chi connectivity index (χ2n) is 7.05. The lowest BCUT2D eigenvalue weighted by atomic mass is 10.2. The molecule has 158 valence electrons. The maximum absolute atomic E-state index is 12.5. The van der Waals surface area contributed by atoms with Gasteiger partial charge >= 0.3 is 0 Å². The zero-order valence-corrected chi connectivity index (χ0v) is 17.4. The molecule has 3 aromatic rings. The van der Waals surface area contributed by atoms with Crippen molar-refractivity contribution < 1.29 is 18.6 Å². The van der Waals surface area contributed by atoms with Crippen molar-refractivity contribution in [2.75, 3.05) is 38.0 Å². The first kappa shape index (κ1) is 20.2. The molecular formula is C19H22N6O4S. The number of rotatable bonds is 7. The Balaban J connectivity index is 1.18. The SMILES string of the molecule is Cc1cc(NC(=O)CN2CCN(C(=O)CCc3nc(-c4ccsc4)no3)CC2)no1. The molecule has 11 heteroatoms. The summed E-state index contributed by atoms with van der Waals surface area (Å²) in [6.45, 7) is 4.46. The standard InChI is InChI=1S/C19H22N6O4S/c1-13-10-15(22-28-13)20-16(26)11-24-5-7-25(8-6-24)18(27)3-2-17-21-19(23-29-17)14-4-9-30-12-14/h4,9-10,12H,2-3,5-8,11H2,1H3,(H,20,22,26). The highest BCUT2D eigenvalue weighted by Crippen LogP contribution is 2.19. The van der Waals surface area contributed by atoms with E-state index in [2.05, 4.69) is 20.6 Å². The molecule has 30 heavy (non-hydrogen) atoms. The first-order valence-corrected chi connectivity index (χ1v) is 10.6. The number of piperazine rings is 1. The molecule has 0 unspecified atom stereocenters. The van der Waals surface area contributed by atoms with Gasteiger partial charge in [0.2, 0.25) is 23.5 Å². The smallest absolute Gasteiger partial charge is 0.239 e. The van der Waals surface area contributed by atoms with Crippen molar-refractivity contribution in [2.24, 2.45) is 0 Å². The van der Waals surface area contributed by atoms with Crippen LogP contribution in [0.15, 0.2) is 31.9 Å². The number of carbonyl (C=O) groups is 2. The summed E-state index contributed by atoms with van der Waals surface area (Å²) >= 11 is 1.57. The molecule has 1 aliphatic rings. The van der Waals surface area contributed by atoms with Crippen LogP contribution in [0.1, 0.15) is 18.1 Å². The zero-order chi connectivity index (χ0) is 20.9. The van der Waals surface area contributed by atoms with E-state index in [4.69, 9.17) is 9.05 Å². The second kappa shape index (κ2) is 9.18. The minimum Gasteiger partial charge on any atom is -0.360 e. The van der Waals surface area contributed by atoms with E-state index in [-0.39, 0.29) is 18.4 Å². The van der Waals surface area contributed by atoms with Crippen molar-refractivity contribution in [1.29, 1.82) is 0 Å². The number of aromatic nitrogens is 3. The van der Waals surface area contributed by atoms with E-state index in [1.807, 2.05) is 26.6 Å². The lowest BCUT2D eigenvalue weighted by molar-refractivity contribution is -0.133. The minimum absolute atomic E-state index is 0.0486. The molecule has 10 nitrogen and oxygen atoms in total. The highest BCUT2D eigenvalue weighted by Gasteiger charge is 2.23. The van der Waals surface area contributed by atoms with Gasteiger partial charge in [0.1, 0.15) is 5.76 Å². The van der Waals surface area contributed by atoms with Crippen molar-refractivity contribution in [1.82, 2.24) is 25.1 Å². The number of carbonyl (C=O) groups excluding carboxylic acids is 2. The summed E-state index contributed by atoms with van der Waals surface area (Å²) in [6.07, 6.45) is 0.729. The van der Waals surface area contributed by atoms with Gasteiger partial charge in [-0.3, -0.25) is 14.5 Å². The lowest BCUT2D eigenvalue weighted by Crippen LogP contribution is -2.50. The lowest BCUT2D eigenvalue weighted by Gasteiger charge is -2.34. The van der Waals surface area contributed by atoms with E-state index < -0.39 is 0 Å². The average Bonchev–Trinajstić information content (AvgIpc) is 3.48. The number of anilines is 1. The molecule has 0 aromatic carbocycles. The topological polar surface area (TPSA) is 118 Å². The van der Waals surface area contributed by atoms with Gasteiger partial charge in [0.25, 0.3) is 0 Å². The van der Waals surface area contributed by atoms with Gasteiger partial charge in [-0.15, -0.1) is 0 Å². The Bertz CT molecular complexity index is 991. The summed E-state index contributed by atoms with van der Waals surface area (Å²) in [4.78, 5) is 32.8. The van der Waals surface area contributed by atoms with E-state index in [0.717, 1.165) is 5.56 Å².